The van der Waals surface area contributed by atoms with Crippen molar-refractivity contribution in [3.05, 3.63) is 70.7 Å². The highest BCUT2D eigenvalue weighted by atomic mass is 35.5. The average Bonchev–Trinajstić information content (AvgIpc) is 2.29. The van der Waals surface area contributed by atoms with Gasteiger partial charge in [-0.05, 0) is 18.2 Å². The second kappa shape index (κ2) is 4.28. The number of benzene rings is 2. The molecule has 1 nitrogen and oxygen atoms in total. The van der Waals surface area contributed by atoms with Crippen LogP contribution in [0, 0.1) is 6.07 Å². The molecule has 0 saturated heterocycles. The Hall–Kier alpha value is -1.60. The first-order valence-electron chi connectivity index (χ1n) is 4.54. The molecule has 0 heterocycles. The van der Waals surface area contributed by atoms with Gasteiger partial charge in [0.15, 0.2) is 5.78 Å². The van der Waals surface area contributed by atoms with Crippen LogP contribution in [-0.2, 0) is 0 Å². The fourth-order valence-electron chi connectivity index (χ4n) is 1.33. The van der Waals surface area contributed by atoms with Crippen molar-refractivity contribution in [2.75, 3.05) is 0 Å². The van der Waals surface area contributed by atoms with Gasteiger partial charge in [0, 0.05) is 16.1 Å². The molecule has 0 amide bonds. The zero-order valence-electron chi connectivity index (χ0n) is 7.91. The van der Waals surface area contributed by atoms with Gasteiger partial charge < -0.3 is 0 Å². The summed E-state index contributed by atoms with van der Waals surface area (Å²) in [6.07, 6.45) is 0. The molecule has 0 saturated carbocycles. The van der Waals surface area contributed by atoms with Crippen LogP contribution in [0.2, 0.25) is 5.02 Å². The Morgan fingerprint density at radius 1 is 1.07 bits per heavy atom. The molecule has 73 valence electrons. The third kappa shape index (κ3) is 2.25. The van der Waals surface area contributed by atoms with Gasteiger partial charge in [-0.25, -0.2) is 0 Å². The van der Waals surface area contributed by atoms with E-state index in [-0.39, 0.29) is 5.78 Å². The first kappa shape index (κ1) is 9.94. The van der Waals surface area contributed by atoms with Crippen LogP contribution in [0.5, 0.6) is 0 Å². The number of ketones is 1. The van der Waals surface area contributed by atoms with E-state index >= 15 is 0 Å². The molecule has 0 atom stereocenters. The summed E-state index contributed by atoms with van der Waals surface area (Å²) >= 11 is 5.82. The molecule has 0 aliphatic carbocycles. The largest absolute Gasteiger partial charge is 0.289 e. The van der Waals surface area contributed by atoms with Gasteiger partial charge >= 0.3 is 0 Å². The predicted molar refractivity (Wildman–Crippen MR) is 60.2 cm³/mol. The summed E-state index contributed by atoms with van der Waals surface area (Å²) in [4.78, 5) is 11.9. The van der Waals surface area contributed by atoms with Gasteiger partial charge in [-0.3, -0.25) is 4.79 Å². The minimum atomic E-state index is -0.0218. The molecule has 0 spiro atoms. The molecule has 0 N–H and O–H groups in total. The first-order valence-corrected chi connectivity index (χ1v) is 4.91. The van der Waals surface area contributed by atoms with E-state index in [4.69, 9.17) is 11.6 Å². The topological polar surface area (TPSA) is 17.1 Å². The lowest BCUT2D eigenvalue weighted by Gasteiger charge is -2.00. The number of carbonyl (C=O) groups is 1. The summed E-state index contributed by atoms with van der Waals surface area (Å²) in [6.45, 7) is 0. The van der Waals surface area contributed by atoms with Crippen molar-refractivity contribution >= 4 is 17.4 Å². The van der Waals surface area contributed by atoms with Gasteiger partial charge in [0.25, 0.3) is 0 Å². The van der Waals surface area contributed by atoms with Crippen LogP contribution in [0.25, 0.3) is 0 Å². The third-order valence-corrected chi connectivity index (χ3v) is 2.30. The fourth-order valence-corrected chi connectivity index (χ4v) is 1.52. The van der Waals surface area contributed by atoms with Crippen LogP contribution < -0.4 is 0 Å². The van der Waals surface area contributed by atoms with Gasteiger partial charge in [0.05, 0.1) is 0 Å². The zero-order chi connectivity index (χ0) is 10.7. The van der Waals surface area contributed by atoms with Gasteiger partial charge in [-0.1, -0.05) is 48.0 Å². The van der Waals surface area contributed by atoms with Crippen LogP contribution >= 0.6 is 11.6 Å². The Bertz CT molecular complexity index is 477. The Labute approximate surface area is 93.3 Å². The average molecular weight is 216 g/mol. The first-order chi connectivity index (χ1) is 7.27. The van der Waals surface area contributed by atoms with Crippen molar-refractivity contribution in [2.24, 2.45) is 0 Å². The lowest BCUT2D eigenvalue weighted by atomic mass is 10.0. The molecule has 15 heavy (non-hydrogen) atoms. The molecule has 2 aromatic carbocycles. The smallest absolute Gasteiger partial charge is 0.193 e. The minimum Gasteiger partial charge on any atom is -0.289 e. The van der Waals surface area contributed by atoms with Gasteiger partial charge in [0.2, 0.25) is 0 Å². The molecule has 0 aliphatic heterocycles. The van der Waals surface area contributed by atoms with E-state index in [0.29, 0.717) is 16.1 Å². The van der Waals surface area contributed by atoms with Crippen molar-refractivity contribution in [3.63, 3.8) is 0 Å². The number of hydrogen-bond acceptors (Lipinski definition) is 1. The fraction of sp³-hybridized carbons (Fsp3) is 0. The van der Waals surface area contributed by atoms with Crippen LogP contribution in [0.1, 0.15) is 15.9 Å². The molecular formula is C13H8ClO. The second-order valence-corrected chi connectivity index (χ2v) is 3.56. The summed E-state index contributed by atoms with van der Waals surface area (Å²) in [5, 5.41) is 0.573. The van der Waals surface area contributed by atoms with Crippen LogP contribution in [0.4, 0.5) is 0 Å². The van der Waals surface area contributed by atoms with E-state index in [9.17, 15) is 4.79 Å². The molecular weight excluding hydrogens is 208 g/mol. The second-order valence-electron chi connectivity index (χ2n) is 3.13. The van der Waals surface area contributed by atoms with Crippen molar-refractivity contribution < 1.29 is 4.79 Å². The van der Waals surface area contributed by atoms with Crippen LogP contribution in [0.15, 0.2) is 48.5 Å². The highest BCUT2D eigenvalue weighted by molar-refractivity contribution is 6.31. The highest BCUT2D eigenvalue weighted by Gasteiger charge is 2.07. The summed E-state index contributed by atoms with van der Waals surface area (Å²) < 4.78 is 0. The maximum atomic E-state index is 11.9. The van der Waals surface area contributed by atoms with Crippen molar-refractivity contribution in [3.8, 4) is 0 Å². The quantitative estimate of drug-likeness (QED) is 0.702. The van der Waals surface area contributed by atoms with Gasteiger partial charge in [0.1, 0.15) is 0 Å². The summed E-state index contributed by atoms with van der Waals surface area (Å²) in [6, 6.07) is 16.7. The highest BCUT2D eigenvalue weighted by Crippen LogP contribution is 2.14. The SMILES string of the molecule is O=C(c1cc[c]cc1)c1cccc(Cl)c1. The molecule has 2 heteroatoms. The molecule has 0 aromatic heterocycles. The number of halogens is 1. The minimum absolute atomic E-state index is 0.0218. The molecule has 0 bridgehead atoms. The van der Waals surface area contributed by atoms with Gasteiger partial charge in [-0.15, -0.1) is 0 Å². The normalized spacial score (nSPS) is 9.93. The van der Waals surface area contributed by atoms with Crippen LogP contribution in [-0.4, -0.2) is 5.78 Å². The Morgan fingerprint density at radius 3 is 2.47 bits per heavy atom. The van der Waals surface area contributed by atoms with E-state index in [1.54, 1.807) is 48.5 Å². The maximum Gasteiger partial charge on any atom is 0.193 e. The zero-order valence-corrected chi connectivity index (χ0v) is 8.66. The number of carbonyl (C=O) groups excluding carboxylic acids is 1. The summed E-state index contributed by atoms with van der Waals surface area (Å²) in [7, 11) is 0. The molecule has 0 fully saturated rings. The summed E-state index contributed by atoms with van der Waals surface area (Å²) in [5.41, 5.74) is 1.25. The van der Waals surface area contributed by atoms with E-state index in [1.807, 2.05) is 0 Å². The predicted octanol–water partition coefficient (Wildman–Crippen LogP) is 3.37. The molecule has 2 rings (SSSR count). The van der Waals surface area contributed by atoms with Crippen molar-refractivity contribution in [1.29, 1.82) is 0 Å². The van der Waals surface area contributed by atoms with E-state index in [0.717, 1.165) is 0 Å². The Morgan fingerprint density at radius 2 is 1.80 bits per heavy atom. The monoisotopic (exact) mass is 215 g/mol. The van der Waals surface area contributed by atoms with E-state index in [1.165, 1.54) is 0 Å². The molecule has 0 unspecified atom stereocenters. The summed E-state index contributed by atoms with van der Waals surface area (Å²) in [5.74, 6) is -0.0218. The third-order valence-electron chi connectivity index (χ3n) is 2.07. The molecule has 0 aliphatic rings. The van der Waals surface area contributed by atoms with Gasteiger partial charge in [-0.2, -0.15) is 0 Å². The van der Waals surface area contributed by atoms with Crippen LogP contribution in [0.3, 0.4) is 0 Å². The Balaban J connectivity index is 2.37. The Kier molecular flexibility index (Phi) is 2.84. The van der Waals surface area contributed by atoms with Crippen molar-refractivity contribution in [1.82, 2.24) is 0 Å². The number of rotatable bonds is 2. The van der Waals surface area contributed by atoms with E-state index in [2.05, 4.69) is 6.07 Å². The molecule has 1 radical (unpaired) electrons. The molecule has 2 aromatic rings. The lowest BCUT2D eigenvalue weighted by Crippen LogP contribution is -2.00. The standard InChI is InChI=1S/C13H8ClO/c14-12-8-4-7-11(9-12)13(15)10-5-2-1-3-6-10/h2-9H. The maximum absolute atomic E-state index is 11.9. The van der Waals surface area contributed by atoms with Crippen molar-refractivity contribution in [2.45, 2.75) is 0 Å². The number of hydrogen-bond donors (Lipinski definition) is 0. The van der Waals surface area contributed by atoms with E-state index < -0.39 is 0 Å². The lowest BCUT2D eigenvalue weighted by molar-refractivity contribution is 0.103.